The van der Waals surface area contributed by atoms with E-state index in [-0.39, 0.29) is 34.1 Å². The second-order valence-corrected chi connectivity index (χ2v) is 7.12. The standard InChI is InChI=1S/C19H17N5O6/c20-16-15-13(17(26)21-18(15)27)9-14(25)23(16)11-6-10(7-12(8-11)24(29)30)19(28)22-4-2-1-3-5-22/h6-9H,1-5,20H2,(H,21,26,27). The van der Waals surface area contributed by atoms with Crippen LogP contribution in [-0.2, 0) is 0 Å². The molecule has 0 radical (unpaired) electrons. The molecule has 0 saturated carbocycles. The minimum absolute atomic E-state index is 0.0356. The zero-order valence-electron chi connectivity index (χ0n) is 15.7. The third-order valence-electron chi connectivity index (χ3n) is 5.22. The molecule has 0 aliphatic carbocycles. The van der Waals surface area contributed by atoms with Gasteiger partial charge in [-0.15, -0.1) is 0 Å². The molecule has 154 valence electrons. The molecule has 3 amide bonds. The highest BCUT2D eigenvalue weighted by molar-refractivity contribution is 6.23. The molecule has 1 aromatic heterocycles. The van der Waals surface area contributed by atoms with Crippen LogP contribution in [0.2, 0.25) is 0 Å². The van der Waals surface area contributed by atoms with Crippen LogP contribution in [0.4, 0.5) is 11.5 Å². The molecule has 0 bridgehead atoms. The molecule has 2 aliphatic rings. The van der Waals surface area contributed by atoms with Gasteiger partial charge in [-0.25, -0.2) is 0 Å². The molecule has 1 fully saturated rings. The highest BCUT2D eigenvalue weighted by Crippen LogP contribution is 2.27. The number of piperidine rings is 1. The van der Waals surface area contributed by atoms with Crippen LogP contribution < -0.4 is 16.6 Å². The van der Waals surface area contributed by atoms with E-state index in [4.69, 9.17) is 5.73 Å². The lowest BCUT2D eigenvalue weighted by atomic mass is 10.1. The van der Waals surface area contributed by atoms with E-state index in [0.29, 0.717) is 13.1 Å². The number of benzene rings is 1. The quantitative estimate of drug-likeness (QED) is 0.430. The van der Waals surface area contributed by atoms with Crippen molar-refractivity contribution in [3.63, 3.8) is 0 Å². The van der Waals surface area contributed by atoms with Crippen molar-refractivity contribution >= 4 is 29.2 Å². The number of rotatable bonds is 3. The first-order valence-corrected chi connectivity index (χ1v) is 9.28. The topological polar surface area (TPSA) is 158 Å². The van der Waals surface area contributed by atoms with Crippen molar-refractivity contribution in [1.82, 2.24) is 14.8 Å². The van der Waals surface area contributed by atoms with E-state index < -0.39 is 28.0 Å². The monoisotopic (exact) mass is 411 g/mol. The maximum absolute atomic E-state index is 12.9. The maximum Gasteiger partial charge on any atom is 0.272 e. The lowest BCUT2D eigenvalue weighted by Crippen LogP contribution is -2.35. The zero-order valence-corrected chi connectivity index (χ0v) is 15.7. The van der Waals surface area contributed by atoms with E-state index in [1.165, 1.54) is 6.07 Å². The summed E-state index contributed by atoms with van der Waals surface area (Å²) in [5, 5.41) is 13.5. The summed E-state index contributed by atoms with van der Waals surface area (Å²) in [4.78, 5) is 61.8. The summed E-state index contributed by atoms with van der Waals surface area (Å²) < 4.78 is 0.886. The van der Waals surface area contributed by atoms with Crippen molar-refractivity contribution in [2.24, 2.45) is 0 Å². The van der Waals surface area contributed by atoms with E-state index in [0.717, 1.165) is 42.0 Å². The Morgan fingerprint density at radius 3 is 2.40 bits per heavy atom. The van der Waals surface area contributed by atoms with Crippen molar-refractivity contribution in [3.05, 3.63) is 61.4 Å². The Morgan fingerprint density at radius 2 is 1.73 bits per heavy atom. The Labute approximate surface area is 169 Å². The number of imide groups is 1. The second-order valence-electron chi connectivity index (χ2n) is 7.12. The Bertz CT molecular complexity index is 1180. The molecule has 2 aliphatic heterocycles. The van der Waals surface area contributed by atoms with Gasteiger partial charge in [-0.3, -0.25) is 39.2 Å². The van der Waals surface area contributed by atoms with Gasteiger partial charge < -0.3 is 10.6 Å². The van der Waals surface area contributed by atoms with E-state index in [1.54, 1.807) is 4.90 Å². The summed E-state index contributed by atoms with van der Waals surface area (Å²) in [5.41, 5.74) is 4.49. The summed E-state index contributed by atoms with van der Waals surface area (Å²) in [7, 11) is 0. The maximum atomic E-state index is 12.9. The minimum Gasteiger partial charge on any atom is -0.384 e. The van der Waals surface area contributed by atoms with E-state index >= 15 is 0 Å². The molecule has 4 rings (SSSR count). The van der Waals surface area contributed by atoms with Crippen molar-refractivity contribution in [2.75, 3.05) is 18.8 Å². The number of nitrogens with one attached hydrogen (secondary N) is 1. The summed E-state index contributed by atoms with van der Waals surface area (Å²) >= 11 is 0. The van der Waals surface area contributed by atoms with Gasteiger partial charge in [0, 0.05) is 36.9 Å². The highest BCUT2D eigenvalue weighted by atomic mass is 16.6. The number of hydrogen-bond donors (Lipinski definition) is 2. The molecule has 0 atom stereocenters. The number of aromatic nitrogens is 1. The lowest BCUT2D eigenvalue weighted by Gasteiger charge is -2.26. The molecule has 11 heteroatoms. The van der Waals surface area contributed by atoms with E-state index in [2.05, 4.69) is 5.32 Å². The molecule has 30 heavy (non-hydrogen) atoms. The molecule has 0 spiro atoms. The summed E-state index contributed by atoms with van der Waals surface area (Å²) in [5.74, 6) is -2.24. The average Bonchev–Trinajstić information content (AvgIpc) is 3.01. The van der Waals surface area contributed by atoms with E-state index in [1.807, 2.05) is 0 Å². The van der Waals surface area contributed by atoms with Crippen LogP contribution in [0.1, 0.15) is 50.3 Å². The first-order valence-electron chi connectivity index (χ1n) is 9.28. The number of pyridine rings is 1. The average molecular weight is 411 g/mol. The van der Waals surface area contributed by atoms with Gasteiger partial charge >= 0.3 is 0 Å². The van der Waals surface area contributed by atoms with Gasteiger partial charge in [0.05, 0.1) is 21.7 Å². The normalized spacial score (nSPS) is 15.7. The number of carbonyl (C=O) groups is 3. The number of anilines is 1. The lowest BCUT2D eigenvalue weighted by molar-refractivity contribution is -0.384. The molecule has 1 saturated heterocycles. The van der Waals surface area contributed by atoms with Gasteiger partial charge in [0.15, 0.2) is 0 Å². The van der Waals surface area contributed by atoms with Gasteiger partial charge in [0.2, 0.25) is 0 Å². The predicted molar refractivity (Wildman–Crippen MR) is 105 cm³/mol. The molecular formula is C19H17N5O6. The van der Waals surface area contributed by atoms with Gasteiger partial charge in [0.25, 0.3) is 29.0 Å². The number of nitrogens with zero attached hydrogens (tertiary/aromatic N) is 3. The van der Waals surface area contributed by atoms with Crippen LogP contribution in [0.15, 0.2) is 29.1 Å². The number of likely N-dealkylation sites (tertiary alicyclic amines) is 1. The number of non-ortho nitro benzene ring substituents is 1. The number of nitrogen functional groups attached to an aromatic ring is 1. The number of fused-ring (bicyclic) bond motifs is 1. The largest absolute Gasteiger partial charge is 0.384 e. The predicted octanol–water partition coefficient (Wildman–Crippen LogP) is 0.838. The second kappa shape index (κ2) is 7.10. The number of carbonyl (C=O) groups excluding carboxylic acids is 3. The molecule has 11 nitrogen and oxygen atoms in total. The van der Waals surface area contributed by atoms with Crippen molar-refractivity contribution in [1.29, 1.82) is 0 Å². The van der Waals surface area contributed by atoms with Gasteiger partial charge in [-0.1, -0.05) is 0 Å². The smallest absolute Gasteiger partial charge is 0.272 e. The van der Waals surface area contributed by atoms with Crippen LogP contribution in [0.5, 0.6) is 0 Å². The number of amides is 3. The summed E-state index contributed by atoms with van der Waals surface area (Å²) in [6.07, 6.45) is 2.69. The molecule has 3 N–H and O–H groups in total. The number of nitrogens with two attached hydrogens (primary N) is 1. The van der Waals surface area contributed by atoms with Crippen molar-refractivity contribution in [2.45, 2.75) is 19.3 Å². The Balaban J connectivity index is 1.89. The van der Waals surface area contributed by atoms with Crippen molar-refractivity contribution < 1.29 is 19.3 Å². The Hall–Kier alpha value is -4.02. The Kier molecular flexibility index (Phi) is 4.57. The van der Waals surface area contributed by atoms with Crippen LogP contribution in [0, 0.1) is 10.1 Å². The van der Waals surface area contributed by atoms with Crippen LogP contribution in [0.25, 0.3) is 5.69 Å². The van der Waals surface area contributed by atoms with Crippen molar-refractivity contribution in [3.8, 4) is 5.69 Å². The zero-order chi connectivity index (χ0) is 21.6. The fourth-order valence-electron chi connectivity index (χ4n) is 3.78. The van der Waals surface area contributed by atoms with Crippen LogP contribution in [-0.4, -0.2) is 45.2 Å². The fraction of sp³-hybridized carbons (Fsp3) is 0.263. The Morgan fingerprint density at radius 1 is 1.03 bits per heavy atom. The summed E-state index contributed by atoms with van der Waals surface area (Å²) in [6.45, 7) is 1.08. The molecule has 1 aromatic carbocycles. The van der Waals surface area contributed by atoms with E-state index in [9.17, 15) is 29.3 Å². The molecule has 0 unspecified atom stereocenters. The van der Waals surface area contributed by atoms with Crippen LogP contribution >= 0.6 is 0 Å². The van der Waals surface area contributed by atoms with Gasteiger partial charge in [-0.05, 0) is 25.3 Å². The molecular weight excluding hydrogens is 394 g/mol. The van der Waals surface area contributed by atoms with Gasteiger partial charge in [-0.2, -0.15) is 0 Å². The highest BCUT2D eigenvalue weighted by Gasteiger charge is 2.32. The first-order chi connectivity index (χ1) is 14.3. The SMILES string of the molecule is Nc1c2c(cc(=O)n1-c1cc(C(=O)N3CCCCC3)cc([N+](=O)[O-])c1)C(=O)NC2=O. The van der Waals surface area contributed by atoms with Crippen LogP contribution in [0.3, 0.4) is 0 Å². The third kappa shape index (κ3) is 3.09. The third-order valence-corrected chi connectivity index (χ3v) is 5.22. The number of nitro groups is 1. The summed E-state index contributed by atoms with van der Waals surface area (Å²) in [6, 6.07) is 4.50. The molecule has 2 aromatic rings. The number of hydrogen-bond acceptors (Lipinski definition) is 7. The first kappa shape index (κ1) is 19.3. The fourth-order valence-corrected chi connectivity index (χ4v) is 3.78. The minimum atomic E-state index is -0.767. The number of nitro benzene ring substituents is 1. The molecule has 3 heterocycles. The van der Waals surface area contributed by atoms with Gasteiger partial charge in [0.1, 0.15) is 5.82 Å².